The van der Waals surface area contributed by atoms with Crippen molar-refractivity contribution < 1.29 is 14.7 Å². The minimum atomic E-state index is -1.05. The van der Waals surface area contributed by atoms with Crippen LogP contribution in [0.25, 0.3) is 0 Å². The van der Waals surface area contributed by atoms with Crippen LogP contribution in [0.15, 0.2) is 54.6 Å². The van der Waals surface area contributed by atoms with Gasteiger partial charge in [0.25, 0.3) is 0 Å². The maximum atomic E-state index is 12.0. The number of unbranched alkanes of at least 4 members (excludes halogenated alkanes) is 1. The summed E-state index contributed by atoms with van der Waals surface area (Å²) in [6.07, 6.45) is 2.56. The second-order valence-corrected chi connectivity index (χ2v) is 6.13. The van der Waals surface area contributed by atoms with E-state index in [1.54, 1.807) is 0 Å². The zero-order chi connectivity index (χ0) is 18.8. The van der Waals surface area contributed by atoms with Crippen molar-refractivity contribution in [1.82, 2.24) is 5.32 Å². The van der Waals surface area contributed by atoms with E-state index < -0.39 is 18.0 Å². The Morgan fingerprint density at radius 2 is 1.62 bits per heavy atom. The van der Waals surface area contributed by atoms with Gasteiger partial charge in [-0.2, -0.15) is 0 Å². The molecule has 2 aromatic carbocycles. The third kappa shape index (κ3) is 6.57. The number of carboxylic acids is 1. The van der Waals surface area contributed by atoms with Gasteiger partial charge in [0.1, 0.15) is 6.04 Å². The van der Waals surface area contributed by atoms with Gasteiger partial charge in [0.05, 0.1) is 0 Å². The average Bonchev–Trinajstić information content (AvgIpc) is 2.63. The molecule has 26 heavy (non-hydrogen) atoms. The van der Waals surface area contributed by atoms with Crippen LogP contribution in [0.2, 0.25) is 0 Å². The number of hydrogen-bond acceptors (Lipinski definition) is 3. The molecule has 2 aromatic rings. The van der Waals surface area contributed by atoms with E-state index in [-0.39, 0.29) is 0 Å². The minimum Gasteiger partial charge on any atom is -0.480 e. The Morgan fingerprint density at radius 3 is 2.23 bits per heavy atom. The highest BCUT2D eigenvalue weighted by Crippen LogP contribution is 2.13. The zero-order valence-corrected chi connectivity index (χ0v) is 14.7. The van der Waals surface area contributed by atoms with Crippen LogP contribution in [0, 0.1) is 0 Å². The summed E-state index contributed by atoms with van der Waals surface area (Å²) in [5, 5.41) is 14.3. The molecule has 2 rings (SSSR count). The van der Waals surface area contributed by atoms with E-state index in [0.29, 0.717) is 25.1 Å². The summed E-state index contributed by atoms with van der Waals surface area (Å²) in [5.41, 5.74) is 8.37. The standard InChI is InChI=1S/C20H25N3O3/c21-13-5-4-8-18(19(24)25)23-20(26)22-17-11-9-16(10-12-17)14-15-6-2-1-3-7-15/h1-3,6-7,9-12,18H,4-5,8,13-14,21H2,(H,24,25)(H2,22,23,26)/t18-/m0/s1. The second-order valence-electron chi connectivity index (χ2n) is 6.13. The van der Waals surface area contributed by atoms with Gasteiger partial charge in [-0.25, -0.2) is 9.59 Å². The van der Waals surface area contributed by atoms with E-state index >= 15 is 0 Å². The number of aliphatic carboxylic acids is 1. The Morgan fingerprint density at radius 1 is 0.962 bits per heavy atom. The molecule has 0 aliphatic rings. The van der Waals surface area contributed by atoms with Crippen molar-refractivity contribution in [3.63, 3.8) is 0 Å². The molecule has 138 valence electrons. The second kappa shape index (κ2) is 10.2. The van der Waals surface area contributed by atoms with Gasteiger partial charge in [-0.05, 0) is 55.5 Å². The van der Waals surface area contributed by atoms with E-state index in [0.717, 1.165) is 18.4 Å². The van der Waals surface area contributed by atoms with Crippen molar-refractivity contribution in [3.05, 3.63) is 65.7 Å². The van der Waals surface area contributed by atoms with Crippen molar-refractivity contribution in [2.24, 2.45) is 5.73 Å². The Balaban J connectivity index is 1.87. The first-order chi connectivity index (χ1) is 12.6. The Labute approximate surface area is 153 Å². The van der Waals surface area contributed by atoms with Crippen LogP contribution in [0.3, 0.4) is 0 Å². The lowest BCUT2D eigenvalue weighted by molar-refractivity contribution is -0.139. The maximum Gasteiger partial charge on any atom is 0.326 e. The number of anilines is 1. The van der Waals surface area contributed by atoms with Gasteiger partial charge in [-0.15, -0.1) is 0 Å². The summed E-state index contributed by atoms with van der Waals surface area (Å²) in [4.78, 5) is 23.3. The van der Waals surface area contributed by atoms with Gasteiger partial charge in [0, 0.05) is 5.69 Å². The van der Waals surface area contributed by atoms with Gasteiger partial charge in [-0.1, -0.05) is 42.5 Å². The number of benzene rings is 2. The monoisotopic (exact) mass is 355 g/mol. The number of urea groups is 1. The van der Waals surface area contributed by atoms with Gasteiger partial charge < -0.3 is 21.5 Å². The molecule has 0 aliphatic heterocycles. The maximum absolute atomic E-state index is 12.0. The number of nitrogens with two attached hydrogens (primary N) is 1. The molecule has 0 radical (unpaired) electrons. The van der Waals surface area contributed by atoms with Crippen LogP contribution in [0.5, 0.6) is 0 Å². The van der Waals surface area contributed by atoms with Crippen LogP contribution in [0.1, 0.15) is 30.4 Å². The van der Waals surface area contributed by atoms with Crippen molar-refractivity contribution in [1.29, 1.82) is 0 Å². The number of nitrogens with one attached hydrogen (secondary N) is 2. The minimum absolute atomic E-state index is 0.357. The fraction of sp³-hybridized carbons (Fsp3) is 0.300. The van der Waals surface area contributed by atoms with Crippen LogP contribution >= 0.6 is 0 Å². The number of carboxylic acid groups (broad SMARTS) is 1. The third-order valence-electron chi connectivity index (χ3n) is 4.01. The van der Waals surface area contributed by atoms with E-state index in [1.165, 1.54) is 5.56 Å². The summed E-state index contributed by atoms with van der Waals surface area (Å²) >= 11 is 0. The topological polar surface area (TPSA) is 104 Å². The first-order valence-corrected chi connectivity index (χ1v) is 8.71. The highest BCUT2D eigenvalue weighted by molar-refractivity contribution is 5.92. The molecule has 6 nitrogen and oxygen atoms in total. The van der Waals surface area contributed by atoms with Crippen LogP contribution < -0.4 is 16.4 Å². The number of hydrogen-bond donors (Lipinski definition) is 4. The summed E-state index contributed by atoms with van der Waals surface area (Å²) in [6, 6.07) is 16.2. The molecular formula is C20H25N3O3. The summed E-state index contributed by atoms with van der Waals surface area (Å²) in [6.45, 7) is 0.508. The van der Waals surface area contributed by atoms with Crippen molar-refractivity contribution in [2.45, 2.75) is 31.7 Å². The third-order valence-corrected chi connectivity index (χ3v) is 4.01. The number of rotatable bonds is 9. The largest absolute Gasteiger partial charge is 0.480 e. The van der Waals surface area contributed by atoms with E-state index in [2.05, 4.69) is 22.8 Å². The number of amides is 2. The Hall–Kier alpha value is -2.86. The molecule has 0 aromatic heterocycles. The molecule has 0 aliphatic carbocycles. The molecule has 0 heterocycles. The van der Waals surface area contributed by atoms with Crippen LogP contribution in [-0.2, 0) is 11.2 Å². The normalized spacial score (nSPS) is 11.6. The van der Waals surface area contributed by atoms with Crippen molar-refractivity contribution >= 4 is 17.7 Å². The molecular weight excluding hydrogens is 330 g/mol. The predicted octanol–water partition coefficient (Wildman–Crippen LogP) is 2.98. The lowest BCUT2D eigenvalue weighted by atomic mass is 10.0. The first-order valence-electron chi connectivity index (χ1n) is 8.71. The van der Waals surface area contributed by atoms with Crippen molar-refractivity contribution in [2.75, 3.05) is 11.9 Å². The summed E-state index contributed by atoms with van der Waals surface area (Å²) in [7, 11) is 0. The molecule has 0 saturated carbocycles. The molecule has 6 heteroatoms. The first kappa shape index (κ1) is 19.5. The molecule has 0 fully saturated rings. The molecule has 2 amide bonds. The molecule has 0 bridgehead atoms. The van der Waals surface area contributed by atoms with E-state index in [4.69, 9.17) is 5.73 Å². The smallest absolute Gasteiger partial charge is 0.326 e. The summed E-state index contributed by atoms with van der Waals surface area (Å²) < 4.78 is 0. The Kier molecular flexibility index (Phi) is 7.64. The van der Waals surface area contributed by atoms with Gasteiger partial charge in [-0.3, -0.25) is 0 Å². The summed E-state index contributed by atoms with van der Waals surface area (Å²) in [5.74, 6) is -1.05. The predicted molar refractivity (Wildman–Crippen MR) is 102 cm³/mol. The van der Waals surface area contributed by atoms with Crippen LogP contribution in [-0.4, -0.2) is 29.7 Å². The fourth-order valence-corrected chi connectivity index (χ4v) is 2.61. The molecule has 0 spiro atoms. The van der Waals surface area contributed by atoms with Crippen molar-refractivity contribution in [3.8, 4) is 0 Å². The fourth-order valence-electron chi connectivity index (χ4n) is 2.61. The zero-order valence-electron chi connectivity index (χ0n) is 14.7. The SMILES string of the molecule is NCCCC[C@H](NC(=O)Nc1ccc(Cc2ccccc2)cc1)C(=O)O. The average molecular weight is 355 g/mol. The highest BCUT2D eigenvalue weighted by atomic mass is 16.4. The quantitative estimate of drug-likeness (QED) is 0.519. The lowest BCUT2D eigenvalue weighted by Crippen LogP contribution is -2.43. The van der Waals surface area contributed by atoms with Crippen LogP contribution in [0.4, 0.5) is 10.5 Å². The van der Waals surface area contributed by atoms with Gasteiger partial charge in [0.15, 0.2) is 0 Å². The number of carbonyl (C=O) groups is 2. The lowest BCUT2D eigenvalue weighted by Gasteiger charge is -2.15. The molecule has 0 saturated heterocycles. The van der Waals surface area contributed by atoms with E-state index in [1.807, 2.05) is 42.5 Å². The van der Waals surface area contributed by atoms with Gasteiger partial charge in [0.2, 0.25) is 0 Å². The number of carbonyl (C=O) groups excluding carboxylic acids is 1. The highest BCUT2D eigenvalue weighted by Gasteiger charge is 2.19. The molecule has 1 atom stereocenters. The molecule has 5 N–H and O–H groups in total. The van der Waals surface area contributed by atoms with E-state index in [9.17, 15) is 14.7 Å². The molecule has 0 unspecified atom stereocenters. The van der Waals surface area contributed by atoms with Gasteiger partial charge >= 0.3 is 12.0 Å². The Bertz CT molecular complexity index is 702.